The van der Waals surface area contributed by atoms with Crippen LogP contribution < -0.4 is 0 Å². The molecule has 1 saturated carbocycles. The fourth-order valence-corrected chi connectivity index (χ4v) is 3.94. The van der Waals surface area contributed by atoms with Crippen molar-refractivity contribution in [3.8, 4) is 0 Å². The first-order valence-corrected chi connectivity index (χ1v) is 11.0. The van der Waals surface area contributed by atoms with E-state index in [1.165, 1.54) is 6.08 Å². The summed E-state index contributed by atoms with van der Waals surface area (Å²) >= 11 is 0. The van der Waals surface area contributed by atoms with Crippen molar-refractivity contribution in [3.63, 3.8) is 0 Å². The first kappa shape index (κ1) is 26.5. The molecular formula is C24H40O6. The summed E-state index contributed by atoms with van der Waals surface area (Å²) in [4.78, 5) is 24.7. The second kappa shape index (κ2) is 11.2. The van der Waals surface area contributed by atoms with E-state index in [9.17, 15) is 24.9 Å². The van der Waals surface area contributed by atoms with Crippen molar-refractivity contribution in [1.29, 1.82) is 0 Å². The Morgan fingerprint density at radius 2 is 1.87 bits per heavy atom. The van der Waals surface area contributed by atoms with Crippen molar-refractivity contribution >= 4 is 11.8 Å². The molecule has 0 spiro atoms. The number of aliphatic carboxylic acids is 1. The van der Waals surface area contributed by atoms with Gasteiger partial charge >= 0.3 is 5.97 Å². The van der Waals surface area contributed by atoms with Crippen molar-refractivity contribution in [2.24, 2.45) is 11.3 Å². The van der Waals surface area contributed by atoms with Crippen molar-refractivity contribution in [2.75, 3.05) is 6.61 Å². The molecule has 0 amide bonds. The number of unbranched alkanes of at least 4 members (excludes halogenated alkanes) is 1. The highest BCUT2D eigenvalue weighted by molar-refractivity contribution is 5.85. The molecule has 0 aliphatic heterocycles. The highest BCUT2D eigenvalue weighted by Crippen LogP contribution is 2.40. The van der Waals surface area contributed by atoms with Crippen LogP contribution in [-0.2, 0) is 14.3 Å². The number of ether oxygens (including phenoxy) is 1. The summed E-state index contributed by atoms with van der Waals surface area (Å²) in [6.45, 7) is 8.93. The fraction of sp³-hybridized carbons (Fsp3) is 0.750. The molecule has 1 rings (SSSR count). The molecular weight excluding hydrogens is 384 g/mol. The van der Waals surface area contributed by atoms with Crippen LogP contribution >= 0.6 is 0 Å². The molecule has 30 heavy (non-hydrogen) atoms. The van der Waals surface area contributed by atoms with E-state index in [4.69, 9.17) is 4.74 Å². The SMILES string of the molecule is CCCCC(C)(O)C/C=C/C(/C=C\CO)(O[C@H](C(=O)O)C(C)(C)C)[C@H]1CCCC1=O. The molecule has 4 atom stereocenters. The quantitative estimate of drug-likeness (QED) is 0.408. The number of hydrogen-bond acceptors (Lipinski definition) is 5. The third-order valence-corrected chi connectivity index (χ3v) is 5.67. The smallest absolute Gasteiger partial charge is 0.333 e. The first-order valence-electron chi connectivity index (χ1n) is 11.0. The maximum absolute atomic E-state index is 12.7. The predicted molar refractivity (Wildman–Crippen MR) is 117 cm³/mol. The highest BCUT2D eigenvalue weighted by atomic mass is 16.5. The number of carboxylic acid groups (broad SMARTS) is 1. The molecule has 0 radical (unpaired) electrons. The lowest BCUT2D eigenvalue weighted by atomic mass is 9.81. The van der Waals surface area contributed by atoms with E-state index >= 15 is 0 Å². The number of ketones is 1. The minimum absolute atomic E-state index is 0.0260. The zero-order chi connectivity index (χ0) is 23.0. The Labute approximate surface area is 181 Å². The number of hydrogen-bond donors (Lipinski definition) is 3. The molecule has 0 aromatic rings. The van der Waals surface area contributed by atoms with Gasteiger partial charge in [0.1, 0.15) is 11.4 Å². The largest absolute Gasteiger partial charge is 0.479 e. The summed E-state index contributed by atoms with van der Waals surface area (Å²) in [5.74, 6) is -1.60. The van der Waals surface area contributed by atoms with E-state index in [2.05, 4.69) is 6.92 Å². The molecule has 1 aliphatic carbocycles. The van der Waals surface area contributed by atoms with Gasteiger partial charge in [0.2, 0.25) is 0 Å². The van der Waals surface area contributed by atoms with Gasteiger partial charge < -0.3 is 20.1 Å². The van der Waals surface area contributed by atoms with Crippen LogP contribution in [0.5, 0.6) is 0 Å². The van der Waals surface area contributed by atoms with Crippen LogP contribution in [0.4, 0.5) is 0 Å². The molecule has 0 heterocycles. The Morgan fingerprint density at radius 1 is 1.23 bits per heavy atom. The lowest BCUT2D eigenvalue weighted by Gasteiger charge is -2.39. The van der Waals surface area contributed by atoms with Gasteiger partial charge in [-0.3, -0.25) is 4.79 Å². The van der Waals surface area contributed by atoms with Gasteiger partial charge in [0.15, 0.2) is 6.10 Å². The Morgan fingerprint density at radius 3 is 2.33 bits per heavy atom. The topological polar surface area (TPSA) is 104 Å². The summed E-state index contributed by atoms with van der Waals surface area (Å²) in [5.41, 5.74) is -2.88. The van der Waals surface area contributed by atoms with Crippen LogP contribution in [0.15, 0.2) is 24.3 Å². The van der Waals surface area contributed by atoms with Crippen LogP contribution in [0.2, 0.25) is 0 Å². The molecule has 6 heteroatoms. The number of carbonyl (C=O) groups is 2. The van der Waals surface area contributed by atoms with Crippen molar-refractivity contribution in [3.05, 3.63) is 24.3 Å². The van der Waals surface area contributed by atoms with Gasteiger partial charge in [-0.1, -0.05) is 58.8 Å². The van der Waals surface area contributed by atoms with Gasteiger partial charge in [-0.2, -0.15) is 0 Å². The van der Waals surface area contributed by atoms with Crippen LogP contribution in [-0.4, -0.2) is 51.0 Å². The molecule has 0 bridgehead atoms. The van der Waals surface area contributed by atoms with Gasteiger partial charge in [0, 0.05) is 6.42 Å². The van der Waals surface area contributed by atoms with Crippen LogP contribution in [0.3, 0.4) is 0 Å². The Hall–Kier alpha value is -1.50. The van der Waals surface area contributed by atoms with Gasteiger partial charge in [-0.05, 0) is 44.1 Å². The van der Waals surface area contributed by atoms with E-state index in [1.54, 1.807) is 45.9 Å². The number of rotatable bonds is 12. The third kappa shape index (κ3) is 7.64. The van der Waals surface area contributed by atoms with Crippen molar-refractivity contribution < 1.29 is 29.6 Å². The van der Waals surface area contributed by atoms with E-state index in [-0.39, 0.29) is 12.4 Å². The highest BCUT2D eigenvalue weighted by Gasteiger charge is 2.47. The maximum Gasteiger partial charge on any atom is 0.333 e. The molecule has 1 aliphatic rings. The zero-order valence-corrected chi connectivity index (χ0v) is 19.2. The molecule has 172 valence electrons. The average molecular weight is 425 g/mol. The second-order valence-electron chi connectivity index (χ2n) is 9.76. The minimum Gasteiger partial charge on any atom is -0.479 e. The van der Waals surface area contributed by atoms with Crippen LogP contribution in [0.25, 0.3) is 0 Å². The molecule has 1 fully saturated rings. The van der Waals surface area contributed by atoms with E-state index in [0.29, 0.717) is 25.7 Å². The Bertz CT molecular complexity index is 628. The standard InChI is InChI=1S/C24H40O6/c1-6-7-13-23(5,29)14-9-15-24(16-10-17-25,18-11-8-12-19(18)26)30-20(21(27)28)22(2,3)4/h9-10,15-16,18,20,25,29H,6-8,11-14,17H2,1-5H3,(H,27,28)/b15-9+,16-10-/t18-,20+,23?,24?/m0/s1. The zero-order valence-electron chi connectivity index (χ0n) is 19.2. The fourth-order valence-electron chi connectivity index (χ4n) is 3.94. The van der Waals surface area contributed by atoms with Gasteiger partial charge in [0.25, 0.3) is 0 Å². The van der Waals surface area contributed by atoms with Crippen LogP contribution in [0, 0.1) is 11.3 Å². The molecule has 3 N–H and O–H groups in total. The van der Waals surface area contributed by atoms with Crippen molar-refractivity contribution in [2.45, 2.75) is 96.9 Å². The number of aliphatic hydroxyl groups is 2. The average Bonchev–Trinajstić information content (AvgIpc) is 3.07. The molecule has 2 unspecified atom stereocenters. The molecule has 0 aromatic heterocycles. The summed E-state index contributed by atoms with van der Waals surface area (Å²) < 4.78 is 6.23. The van der Waals surface area contributed by atoms with E-state index in [0.717, 1.165) is 19.3 Å². The van der Waals surface area contributed by atoms with Gasteiger partial charge in [0.05, 0.1) is 18.1 Å². The van der Waals surface area contributed by atoms with E-state index in [1.807, 2.05) is 0 Å². The number of carboxylic acids is 1. The molecule has 0 saturated heterocycles. The summed E-state index contributed by atoms with van der Waals surface area (Å²) in [7, 11) is 0. The van der Waals surface area contributed by atoms with Gasteiger partial charge in [-0.15, -0.1) is 0 Å². The van der Waals surface area contributed by atoms with E-state index < -0.39 is 34.6 Å². The lowest BCUT2D eigenvalue weighted by Crippen LogP contribution is -2.49. The minimum atomic E-state index is -1.28. The summed E-state index contributed by atoms with van der Waals surface area (Å²) in [6, 6.07) is 0. The normalized spacial score (nSPS) is 23.0. The molecule has 6 nitrogen and oxygen atoms in total. The maximum atomic E-state index is 12.7. The Balaban J connectivity index is 3.36. The third-order valence-electron chi connectivity index (χ3n) is 5.67. The summed E-state index contributed by atoms with van der Waals surface area (Å²) in [6.07, 6.45) is 10.1. The second-order valence-corrected chi connectivity index (χ2v) is 9.76. The van der Waals surface area contributed by atoms with Crippen LogP contribution in [0.1, 0.15) is 79.6 Å². The number of aliphatic hydroxyl groups excluding tert-OH is 1. The molecule has 0 aromatic carbocycles. The Kier molecular flexibility index (Phi) is 9.92. The first-order chi connectivity index (χ1) is 13.9. The van der Waals surface area contributed by atoms with Gasteiger partial charge in [-0.25, -0.2) is 4.79 Å². The number of carbonyl (C=O) groups excluding carboxylic acids is 1. The number of Topliss-reactive ketones (excluding diaryl/α,β-unsaturated/α-hetero) is 1. The summed E-state index contributed by atoms with van der Waals surface area (Å²) in [5, 5.41) is 29.8. The monoisotopic (exact) mass is 424 g/mol. The lowest BCUT2D eigenvalue weighted by molar-refractivity contribution is -0.173. The van der Waals surface area contributed by atoms with Crippen molar-refractivity contribution in [1.82, 2.24) is 0 Å². The predicted octanol–water partition coefficient (Wildman–Crippen LogP) is 4.05.